The first-order valence-electron chi connectivity index (χ1n) is 5.43. The lowest BCUT2D eigenvalue weighted by Crippen LogP contribution is -2.28. The number of hydrogen-bond donors (Lipinski definition) is 1. The van der Waals surface area contributed by atoms with E-state index in [9.17, 15) is 9.18 Å². The maximum absolute atomic E-state index is 13.9. The molecule has 1 aliphatic rings. The van der Waals surface area contributed by atoms with Crippen molar-refractivity contribution in [1.82, 2.24) is 5.32 Å². The zero-order chi connectivity index (χ0) is 12.6. The Morgan fingerprint density at radius 3 is 2.88 bits per heavy atom. The second-order valence-corrected chi connectivity index (χ2v) is 5.46. The van der Waals surface area contributed by atoms with E-state index in [2.05, 4.69) is 21.2 Å². The number of carbonyl (C=O) groups is 1. The molecule has 1 saturated heterocycles. The fourth-order valence-electron chi connectivity index (χ4n) is 2.13. The summed E-state index contributed by atoms with van der Waals surface area (Å²) in [5.41, 5.74) is 0.0822. The van der Waals surface area contributed by atoms with Crippen molar-refractivity contribution < 1.29 is 9.18 Å². The van der Waals surface area contributed by atoms with Crippen LogP contribution in [0, 0.1) is 11.7 Å². The Kier molecular flexibility index (Phi) is 3.85. The van der Waals surface area contributed by atoms with Crippen molar-refractivity contribution in [1.29, 1.82) is 0 Å². The van der Waals surface area contributed by atoms with Crippen LogP contribution >= 0.6 is 27.5 Å². The van der Waals surface area contributed by atoms with E-state index in [0.29, 0.717) is 4.47 Å². The smallest absolute Gasteiger partial charge is 0.170 e. The van der Waals surface area contributed by atoms with E-state index in [4.69, 9.17) is 11.6 Å². The zero-order valence-corrected chi connectivity index (χ0v) is 11.6. The molecule has 0 radical (unpaired) electrons. The standard InChI is InChI=1S/C12H12BrClFNO/c1-6-7(4-5-16-6)12(17)8-2-3-9(13)10(14)11(8)15/h2-3,6-7,16H,4-5H2,1H3. The van der Waals surface area contributed by atoms with Crippen molar-refractivity contribution in [2.75, 3.05) is 6.54 Å². The van der Waals surface area contributed by atoms with E-state index in [0.717, 1.165) is 13.0 Å². The van der Waals surface area contributed by atoms with Crippen molar-refractivity contribution in [3.63, 3.8) is 0 Å². The number of halogens is 3. The first-order chi connectivity index (χ1) is 8.02. The Bertz CT molecular complexity index is 466. The van der Waals surface area contributed by atoms with E-state index < -0.39 is 5.82 Å². The Balaban J connectivity index is 2.34. The van der Waals surface area contributed by atoms with Crippen LogP contribution in [0.4, 0.5) is 4.39 Å². The summed E-state index contributed by atoms with van der Waals surface area (Å²) < 4.78 is 14.4. The van der Waals surface area contributed by atoms with Gasteiger partial charge in [0.25, 0.3) is 0 Å². The van der Waals surface area contributed by atoms with Gasteiger partial charge in [0.15, 0.2) is 11.6 Å². The number of nitrogens with one attached hydrogen (secondary N) is 1. The average molecular weight is 321 g/mol. The Hall–Kier alpha value is -0.450. The lowest BCUT2D eigenvalue weighted by Gasteiger charge is -2.14. The number of carbonyl (C=O) groups excluding carboxylic acids is 1. The van der Waals surface area contributed by atoms with E-state index in [1.165, 1.54) is 6.07 Å². The van der Waals surface area contributed by atoms with Crippen molar-refractivity contribution >= 4 is 33.3 Å². The summed E-state index contributed by atoms with van der Waals surface area (Å²) >= 11 is 8.91. The number of ketones is 1. The Morgan fingerprint density at radius 1 is 1.59 bits per heavy atom. The van der Waals surface area contributed by atoms with Gasteiger partial charge in [-0.05, 0) is 48.0 Å². The van der Waals surface area contributed by atoms with Gasteiger partial charge in [0.2, 0.25) is 0 Å². The van der Waals surface area contributed by atoms with Gasteiger partial charge < -0.3 is 5.32 Å². The second-order valence-electron chi connectivity index (χ2n) is 4.23. The van der Waals surface area contributed by atoms with Crippen LogP contribution in [0.5, 0.6) is 0 Å². The molecule has 0 aromatic heterocycles. The molecule has 2 nitrogen and oxygen atoms in total. The Morgan fingerprint density at radius 2 is 2.29 bits per heavy atom. The van der Waals surface area contributed by atoms with Crippen LogP contribution < -0.4 is 5.32 Å². The second kappa shape index (κ2) is 5.04. The molecule has 1 aromatic carbocycles. The van der Waals surface area contributed by atoms with Gasteiger partial charge in [-0.2, -0.15) is 0 Å². The largest absolute Gasteiger partial charge is 0.313 e. The van der Waals surface area contributed by atoms with Gasteiger partial charge in [0.1, 0.15) is 0 Å². The van der Waals surface area contributed by atoms with Gasteiger partial charge in [-0.1, -0.05) is 11.6 Å². The molecular formula is C12H12BrClFNO. The van der Waals surface area contributed by atoms with Crippen molar-refractivity contribution in [2.45, 2.75) is 19.4 Å². The molecular weight excluding hydrogens is 308 g/mol. The number of Topliss-reactive ketones (excluding diaryl/α,β-unsaturated/α-hetero) is 1. The highest BCUT2D eigenvalue weighted by Crippen LogP contribution is 2.30. The Labute approximate surface area is 113 Å². The number of rotatable bonds is 2. The van der Waals surface area contributed by atoms with Crippen LogP contribution in [0.15, 0.2) is 16.6 Å². The third-order valence-electron chi connectivity index (χ3n) is 3.16. The maximum Gasteiger partial charge on any atom is 0.170 e. The molecule has 2 rings (SSSR count). The molecule has 2 unspecified atom stereocenters. The third kappa shape index (κ3) is 2.39. The van der Waals surface area contributed by atoms with E-state index in [1.807, 2.05) is 6.92 Å². The minimum absolute atomic E-state index is 0.0329. The summed E-state index contributed by atoms with van der Waals surface area (Å²) in [5, 5.41) is 3.15. The van der Waals surface area contributed by atoms with E-state index >= 15 is 0 Å². The minimum atomic E-state index is -0.634. The SMILES string of the molecule is CC1NCCC1C(=O)c1ccc(Br)c(Cl)c1F. The molecule has 1 heterocycles. The monoisotopic (exact) mass is 319 g/mol. The highest BCUT2D eigenvalue weighted by molar-refractivity contribution is 9.10. The highest BCUT2D eigenvalue weighted by Gasteiger charge is 2.32. The predicted molar refractivity (Wildman–Crippen MR) is 69.0 cm³/mol. The number of hydrogen-bond acceptors (Lipinski definition) is 2. The van der Waals surface area contributed by atoms with Gasteiger partial charge in [-0.25, -0.2) is 4.39 Å². The summed E-state index contributed by atoms with van der Waals surface area (Å²) in [6, 6.07) is 3.17. The summed E-state index contributed by atoms with van der Waals surface area (Å²) in [7, 11) is 0. The molecule has 1 aromatic rings. The summed E-state index contributed by atoms with van der Waals surface area (Å²) in [4.78, 5) is 12.2. The van der Waals surface area contributed by atoms with Crippen LogP contribution in [-0.4, -0.2) is 18.4 Å². The van der Waals surface area contributed by atoms with Crippen LogP contribution in [0.25, 0.3) is 0 Å². The molecule has 1 aliphatic heterocycles. The van der Waals surface area contributed by atoms with Gasteiger partial charge in [-0.3, -0.25) is 4.79 Å². The first kappa shape index (κ1) is 13.0. The molecule has 5 heteroatoms. The zero-order valence-electron chi connectivity index (χ0n) is 9.27. The molecule has 1 N–H and O–H groups in total. The lowest BCUT2D eigenvalue weighted by molar-refractivity contribution is 0.0910. The fourth-order valence-corrected chi connectivity index (χ4v) is 2.60. The van der Waals surface area contributed by atoms with Crippen LogP contribution in [0.3, 0.4) is 0 Å². The molecule has 0 aliphatic carbocycles. The summed E-state index contributed by atoms with van der Waals surface area (Å²) in [6.45, 7) is 2.73. The molecule has 0 spiro atoms. The quantitative estimate of drug-likeness (QED) is 0.668. The number of benzene rings is 1. The van der Waals surface area contributed by atoms with Crippen molar-refractivity contribution in [3.05, 3.63) is 33.0 Å². The third-order valence-corrected chi connectivity index (χ3v) is 4.42. The average Bonchev–Trinajstić information content (AvgIpc) is 2.72. The lowest BCUT2D eigenvalue weighted by atomic mass is 9.92. The van der Waals surface area contributed by atoms with Gasteiger partial charge >= 0.3 is 0 Å². The van der Waals surface area contributed by atoms with E-state index in [1.54, 1.807) is 6.07 Å². The van der Waals surface area contributed by atoms with Crippen molar-refractivity contribution in [3.8, 4) is 0 Å². The van der Waals surface area contributed by atoms with E-state index in [-0.39, 0.29) is 28.3 Å². The molecule has 0 saturated carbocycles. The normalized spacial score (nSPS) is 24.0. The van der Waals surface area contributed by atoms with Gasteiger partial charge in [0, 0.05) is 16.4 Å². The minimum Gasteiger partial charge on any atom is -0.313 e. The van der Waals surface area contributed by atoms with Gasteiger partial charge in [0.05, 0.1) is 10.6 Å². The summed E-state index contributed by atoms with van der Waals surface area (Å²) in [5.74, 6) is -0.971. The van der Waals surface area contributed by atoms with Gasteiger partial charge in [-0.15, -0.1) is 0 Å². The topological polar surface area (TPSA) is 29.1 Å². The molecule has 2 atom stereocenters. The summed E-state index contributed by atoms with van der Waals surface area (Å²) in [6.07, 6.45) is 0.743. The first-order valence-corrected chi connectivity index (χ1v) is 6.60. The molecule has 92 valence electrons. The fraction of sp³-hybridized carbons (Fsp3) is 0.417. The van der Waals surface area contributed by atoms with Crippen LogP contribution in [-0.2, 0) is 0 Å². The predicted octanol–water partition coefficient (Wildman–Crippen LogP) is 3.42. The molecule has 0 amide bonds. The van der Waals surface area contributed by atoms with Crippen molar-refractivity contribution in [2.24, 2.45) is 5.92 Å². The molecule has 17 heavy (non-hydrogen) atoms. The molecule has 0 bridgehead atoms. The van der Waals surface area contributed by atoms with Crippen LogP contribution in [0.1, 0.15) is 23.7 Å². The van der Waals surface area contributed by atoms with Crippen LogP contribution in [0.2, 0.25) is 5.02 Å². The molecule has 1 fully saturated rings. The highest BCUT2D eigenvalue weighted by atomic mass is 79.9. The maximum atomic E-state index is 13.9.